The largest absolute Gasteiger partial charge is 0.504 e. The molecule has 3 rings (SSSR count). The first-order chi connectivity index (χ1) is 10.9. The number of halogens is 2. The fourth-order valence-corrected chi connectivity index (χ4v) is 2.87. The molecular formula is C16H10Cl2O4S. The van der Waals surface area contributed by atoms with Gasteiger partial charge in [-0.15, -0.1) is 0 Å². The van der Waals surface area contributed by atoms with Crippen molar-refractivity contribution in [2.75, 3.05) is 7.11 Å². The van der Waals surface area contributed by atoms with Crippen molar-refractivity contribution in [1.29, 1.82) is 0 Å². The molecule has 1 aromatic heterocycles. The second-order valence-electron chi connectivity index (χ2n) is 4.75. The van der Waals surface area contributed by atoms with Gasteiger partial charge in [0, 0.05) is 17.7 Å². The van der Waals surface area contributed by atoms with E-state index in [0.29, 0.717) is 31.3 Å². The summed E-state index contributed by atoms with van der Waals surface area (Å²) < 4.78 is 11.1. The number of methoxy groups -OCH3 is 1. The molecule has 23 heavy (non-hydrogen) atoms. The molecule has 0 unspecified atom stereocenters. The van der Waals surface area contributed by atoms with E-state index in [1.54, 1.807) is 24.3 Å². The lowest BCUT2D eigenvalue weighted by molar-refractivity contribution is 0.346. The fourth-order valence-electron chi connectivity index (χ4n) is 2.26. The number of benzene rings is 2. The van der Waals surface area contributed by atoms with Gasteiger partial charge in [0.1, 0.15) is 11.3 Å². The molecule has 7 heteroatoms. The van der Waals surface area contributed by atoms with Crippen molar-refractivity contribution in [3.8, 4) is 28.6 Å². The quantitative estimate of drug-likeness (QED) is 0.580. The Kier molecular flexibility index (Phi) is 4.10. The van der Waals surface area contributed by atoms with Gasteiger partial charge in [0.15, 0.2) is 11.5 Å². The number of hydrogen-bond acceptors (Lipinski definition) is 5. The Morgan fingerprint density at radius 2 is 1.83 bits per heavy atom. The number of rotatable bonds is 2. The Morgan fingerprint density at radius 1 is 1.09 bits per heavy atom. The van der Waals surface area contributed by atoms with E-state index >= 15 is 0 Å². The molecule has 0 aliphatic rings. The fraction of sp³-hybridized carbons (Fsp3) is 0.0625. The van der Waals surface area contributed by atoms with Crippen LogP contribution >= 0.6 is 35.4 Å². The van der Waals surface area contributed by atoms with Crippen molar-refractivity contribution in [1.82, 2.24) is 0 Å². The van der Waals surface area contributed by atoms with E-state index in [2.05, 4.69) is 0 Å². The van der Waals surface area contributed by atoms with Gasteiger partial charge < -0.3 is 19.4 Å². The second-order valence-corrected chi connectivity index (χ2v) is 6.01. The Hall–Kier alpha value is -1.95. The SMILES string of the molecule is COc1c(O)cc2oc(-c3ccc(Cl)c(Cl)c3)cc(=S)c2c1O. The van der Waals surface area contributed by atoms with Gasteiger partial charge >= 0.3 is 0 Å². The maximum Gasteiger partial charge on any atom is 0.203 e. The third-order valence-corrected chi connectivity index (χ3v) is 4.40. The Balaban J connectivity index is 2.30. The molecule has 2 aromatic carbocycles. The first kappa shape index (κ1) is 15.9. The molecule has 0 fully saturated rings. The van der Waals surface area contributed by atoms with Crippen molar-refractivity contribution < 1.29 is 19.4 Å². The number of phenolic OH excluding ortho intramolecular Hbond substituents is 2. The van der Waals surface area contributed by atoms with E-state index in [-0.39, 0.29) is 22.8 Å². The van der Waals surface area contributed by atoms with Crippen LogP contribution in [0.1, 0.15) is 0 Å². The molecule has 118 valence electrons. The lowest BCUT2D eigenvalue weighted by Gasteiger charge is -2.10. The van der Waals surface area contributed by atoms with Gasteiger partial charge in [0.2, 0.25) is 5.75 Å². The maximum atomic E-state index is 10.2. The molecule has 0 spiro atoms. The number of aromatic hydroxyl groups is 2. The predicted octanol–water partition coefficient (Wildman–Crippen LogP) is 5.56. The molecule has 0 atom stereocenters. The van der Waals surface area contributed by atoms with Gasteiger partial charge in [0.05, 0.1) is 27.1 Å². The Morgan fingerprint density at radius 3 is 2.48 bits per heavy atom. The summed E-state index contributed by atoms with van der Waals surface area (Å²) in [5.74, 6) is -0.134. The standard InChI is InChI=1S/C16H10Cl2O4S/c1-21-16-10(19)5-12-14(15(16)20)13(23)6-11(22-12)7-2-3-8(17)9(18)4-7/h2-6,19-20H,1H3. The Labute approximate surface area is 146 Å². The zero-order valence-corrected chi connectivity index (χ0v) is 14.1. The Bertz CT molecular complexity index is 982. The van der Waals surface area contributed by atoms with Crippen LogP contribution in [0.5, 0.6) is 17.2 Å². The summed E-state index contributed by atoms with van der Waals surface area (Å²) in [6.07, 6.45) is 0. The summed E-state index contributed by atoms with van der Waals surface area (Å²) in [6.45, 7) is 0. The second kappa shape index (κ2) is 5.92. The number of fused-ring (bicyclic) bond motifs is 1. The number of hydrogen-bond donors (Lipinski definition) is 2. The van der Waals surface area contributed by atoms with E-state index in [1.165, 1.54) is 13.2 Å². The van der Waals surface area contributed by atoms with Gasteiger partial charge in [-0.25, -0.2) is 0 Å². The molecular weight excluding hydrogens is 359 g/mol. The highest BCUT2D eigenvalue weighted by atomic mass is 35.5. The third kappa shape index (κ3) is 2.72. The molecule has 1 heterocycles. The van der Waals surface area contributed by atoms with Crippen molar-refractivity contribution >= 4 is 46.4 Å². The monoisotopic (exact) mass is 368 g/mol. The maximum absolute atomic E-state index is 10.2. The lowest BCUT2D eigenvalue weighted by atomic mass is 10.1. The molecule has 0 aliphatic carbocycles. The highest BCUT2D eigenvalue weighted by Crippen LogP contribution is 2.43. The molecule has 3 aromatic rings. The van der Waals surface area contributed by atoms with Crippen molar-refractivity contribution in [3.05, 3.63) is 44.9 Å². The number of ether oxygens (including phenoxy) is 1. The van der Waals surface area contributed by atoms with Crippen LogP contribution in [-0.4, -0.2) is 17.3 Å². The summed E-state index contributed by atoms with van der Waals surface area (Å²) in [6, 6.07) is 7.95. The third-order valence-electron chi connectivity index (χ3n) is 3.34. The van der Waals surface area contributed by atoms with Crippen molar-refractivity contribution in [2.24, 2.45) is 0 Å². The van der Waals surface area contributed by atoms with Crippen LogP contribution in [0.25, 0.3) is 22.3 Å². The van der Waals surface area contributed by atoms with Crippen LogP contribution in [0, 0.1) is 4.51 Å². The molecule has 0 radical (unpaired) electrons. The molecule has 0 amide bonds. The average Bonchev–Trinajstić information content (AvgIpc) is 2.49. The van der Waals surface area contributed by atoms with Crippen LogP contribution in [0.2, 0.25) is 10.0 Å². The van der Waals surface area contributed by atoms with E-state index in [9.17, 15) is 10.2 Å². The van der Waals surface area contributed by atoms with Gasteiger partial charge in [-0.2, -0.15) is 0 Å². The smallest absolute Gasteiger partial charge is 0.203 e. The minimum absolute atomic E-state index is 0.0545. The first-order valence-corrected chi connectivity index (χ1v) is 7.61. The lowest BCUT2D eigenvalue weighted by Crippen LogP contribution is -1.88. The van der Waals surface area contributed by atoms with Gasteiger partial charge in [-0.3, -0.25) is 0 Å². The summed E-state index contributed by atoms with van der Waals surface area (Å²) >= 11 is 17.2. The molecule has 0 saturated heterocycles. The van der Waals surface area contributed by atoms with Gasteiger partial charge in [0.25, 0.3) is 0 Å². The number of phenols is 2. The van der Waals surface area contributed by atoms with Crippen LogP contribution in [0.4, 0.5) is 0 Å². The molecule has 4 nitrogen and oxygen atoms in total. The molecule has 0 saturated carbocycles. The topological polar surface area (TPSA) is 62.8 Å². The summed E-state index contributed by atoms with van der Waals surface area (Å²) in [7, 11) is 1.34. The van der Waals surface area contributed by atoms with Crippen molar-refractivity contribution in [3.63, 3.8) is 0 Å². The van der Waals surface area contributed by atoms with Crippen molar-refractivity contribution in [2.45, 2.75) is 0 Å². The highest BCUT2D eigenvalue weighted by Gasteiger charge is 2.17. The summed E-state index contributed by atoms with van der Waals surface area (Å²) in [5.41, 5.74) is 0.900. The van der Waals surface area contributed by atoms with E-state index < -0.39 is 0 Å². The highest BCUT2D eigenvalue weighted by molar-refractivity contribution is 7.71. The average molecular weight is 369 g/mol. The zero-order valence-electron chi connectivity index (χ0n) is 11.8. The molecule has 0 aliphatic heterocycles. The van der Waals surface area contributed by atoms with E-state index in [4.69, 9.17) is 44.6 Å². The van der Waals surface area contributed by atoms with Gasteiger partial charge in [-0.05, 0) is 18.2 Å². The zero-order chi connectivity index (χ0) is 16.7. The first-order valence-electron chi connectivity index (χ1n) is 6.44. The normalized spacial score (nSPS) is 10.9. The summed E-state index contributed by atoms with van der Waals surface area (Å²) in [4.78, 5) is 0. The van der Waals surface area contributed by atoms with E-state index in [0.717, 1.165) is 0 Å². The molecule has 0 bridgehead atoms. The van der Waals surface area contributed by atoms with Crippen LogP contribution in [0.15, 0.2) is 34.7 Å². The van der Waals surface area contributed by atoms with Crippen LogP contribution in [0.3, 0.4) is 0 Å². The predicted molar refractivity (Wildman–Crippen MR) is 92.4 cm³/mol. The van der Waals surface area contributed by atoms with Gasteiger partial charge in [-0.1, -0.05) is 35.4 Å². The van der Waals surface area contributed by atoms with Crippen LogP contribution in [-0.2, 0) is 0 Å². The minimum Gasteiger partial charge on any atom is -0.504 e. The molecule has 2 N–H and O–H groups in total. The minimum atomic E-state index is -0.267. The summed E-state index contributed by atoms with van der Waals surface area (Å²) in [5, 5.41) is 21.2. The van der Waals surface area contributed by atoms with Crippen LogP contribution < -0.4 is 4.74 Å². The van der Waals surface area contributed by atoms with E-state index in [1.807, 2.05) is 0 Å².